The SMILES string of the molecule is CCCCOC(=O)CC(C)c1ccc2cc1OCO2. The van der Waals surface area contributed by atoms with E-state index in [1.54, 1.807) is 0 Å². The van der Waals surface area contributed by atoms with Gasteiger partial charge in [0, 0.05) is 6.07 Å². The molecule has 0 spiro atoms. The Hall–Kier alpha value is -1.71. The number of hydrogen-bond donors (Lipinski definition) is 0. The van der Waals surface area contributed by atoms with E-state index in [1.807, 2.05) is 25.1 Å². The second-order valence-corrected chi connectivity index (χ2v) is 4.79. The molecule has 1 atom stereocenters. The summed E-state index contributed by atoms with van der Waals surface area (Å²) in [6, 6.07) is 5.71. The number of hydrogen-bond acceptors (Lipinski definition) is 4. The van der Waals surface area contributed by atoms with Crippen molar-refractivity contribution in [2.75, 3.05) is 13.4 Å². The van der Waals surface area contributed by atoms with Gasteiger partial charge in [-0.25, -0.2) is 0 Å². The Balaban J connectivity index is 1.93. The van der Waals surface area contributed by atoms with E-state index in [0.29, 0.717) is 13.0 Å². The zero-order valence-corrected chi connectivity index (χ0v) is 11.5. The van der Waals surface area contributed by atoms with Crippen LogP contribution in [0.25, 0.3) is 0 Å². The Kier molecular flexibility index (Phi) is 4.66. The first kappa shape index (κ1) is 13.7. The van der Waals surface area contributed by atoms with E-state index in [4.69, 9.17) is 14.2 Å². The molecule has 1 aliphatic heterocycles. The minimum atomic E-state index is -0.149. The lowest BCUT2D eigenvalue weighted by atomic mass is 9.96. The standard InChI is InChI=1S/C15H20O4/c1-3-4-7-17-15(16)8-11(2)13-6-5-12-9-14(13)19-10-18-12/h5-6,9,11H,3-4,7-8,10H2,1-2H3. The lowest BCUT2D eigenvalue weighted by Gasteiger charge is -2.21. The minimum Gasteiger partial charge on any atom is -0.466 e. The topological polar surface area (TPSA) is 44.8 Å². The molecule has 0 saturated heterocycles. The van der Waals surface area contributed by atoms with Crippen molar-refractivity contribution in [3.63, 3.8) is 0 Å². The molecule has 1 aliphatic rings. The van der Waals surface area contributed by atoms with Crippen LogP contribution in [0.15, 0.2) is 18.2 Å². The lowest BCUT2D eigenvalue weighted by molar-refractivity contribution is -0.144. The third-order valence-electron chi connectivity index (χ3n) is 3.19. The summed E-state index contributed by atoms with van der Waals surface area (Å²) in [7, 11) is 0. The summed E-state index contributed by atoms with van der Waals surface area (Å²) in [6.45, 7) is 4.83. The van der Waals surface area contributed by atoms with Gasteiger partial charge in [0.25, 0.3) is 0 Å². The zero-order valence-electron chi connectivity index (χ0n) is 11.5. The molecule has 1 heterocycles. The van der Waals surface area contributed by atoms with Crippen LogP contribution in [-0.4, -0.2) is 19.4 Å². The van der Waals surface area contributed by atoms with Crippen LogP contribution in [0.3, 0.4) is 0 Å². The van der Waals surface area contributed by atoms with Crippen LogP contribution in [0, 0.1) is 0 Å². The molecule has 0 aromatic heterocycles. The Bertz CT molecular complexity index is 442. The fourth-order valence-corrected chi connectivity index (χ4v) is 2.05. The summed E-state index contributed by atoms with van der Waals surface area (Å²) in [5, 5.41) is 0. The average molecular weight is 264 g/mol. The minimum absolute atomic E-state index is 0.0799. The van der Waals surface area contributed by atoms with Crippen LogP contribution >= 0.6 is 0 Å². The van der Waals surface area contributed by atoms with Gasteiger partial charge in [0.1, 0.15) is 11.5 Å². The molecule has 0 aliphatic carbocycles. The number of carbonyl (C=O) groups excluding carboxylic acids is 1. The van der Waals surface area contributed by atoms with Gasteiger partial charge < -0.3 is 14.2 Å². The van der Waals surface area contributed by atoms with Crippen molar-refractivity contribution >= 4 is 5.97 Å². The molecule has 1 aromatic rings. The number of benzene rings is 1. The molecule has 1 aromatic carbocycles. The number of rotatable bonds is 6. The average Bonchev–Trinajstić information content (AvgIpc) is 2.39. The second kappa shape index (κ2) is 6.45. The predicted octanol–water partition coefficient (Wildman–Crippen LogP) is 3.25. The first-order chi connectivity index (χ1) is 9.20. The van der Waals surface area contributed by atoms with Crippen LogP contribution in [-0.2, 0) is 9.53 Å². The van der Waals surface area contributed by atoms with Crippen LogP contribution in [0.1, 0.15) is 44.6 Å². The fraction of sp³-hybridized carbons (Fsp3) is 0.533. The van der Waals surface area contributed by atoms with Gasteiger partial charge in [0.05, 0.1) is 13.0 Å². The maximum atomic E-state index is 11.7. The van der Waals surface area contributed by atoms with Gasteiger partial charge in [0.2, 0.25) is 6.79 Å². The van der Waals surface area contributed by atoms with E-state index in [2.05, 4.69) is 6.92 Å². The molecule has 0 N–H and O–H groups in total. The van der Waals surface area contributed by atoms with Crippen LogP contribution in [0.5, 0.6) is 11.5 Å². The molecule has 104 valence electrons. The summed E-state index contributed by atoms with van der Waals surface area (Å²) < 4.78 is 15.9. The largest absolute Gasteiger partial charge is 0.466 e. The summed E-state index contributed by atoms with van der Waals surface area (Å²) in [6.07, 6.45) is 2.32. The van der Waals surface area contributed by atoms with Crippen molar-refractivity contribution in [1.29, 1.82) is 0 Å². The van der Waals surface area contributed by atoms with Gasteiger partial charge >= 0.3 is 5.97 Å². The van der Waals surface area contributed by atoms with Crippen molar-refractivity contribution in [1.82, 2.24) is 0 Å². The summed E-state index contributed by atoms with van der Waals surface area (Å²) in [5.74, 6) is 1.54. The van der Waals surface area contributed by atoms with Gasteiger partial charge in [-0.3, -0.25) is 4.79 Å². The first-order valence-electron chi connectivity index (χ1n) is 6.76. The van der Waals surface area contributed by atoms with E-state index < -0.39 is 0 Å². The van der Waals surface area contributed by atoms with Gasteiger partial charge in [-0.05, 0) is 24.0 Å². The van der Waals surface area contributed by atoms with Crippen LogP contribution in [0.2, 0.25) is 0 Å². The van der Waals surface area contributed by atoms with Crippen molar-refractivity contribution in [3.8, 4) is 11.5 Å². The predicted molar refractivity (Wildman–Crippen MR) is 71.5 cm³/mol. The van der Waals surface area contributed by atoms with Gasteiger partial charge in [-0.2, -0.15) is 0 Å². The zero-order chi connectivity index (χ0) is 13.7. The molecule has 19 heavy (non-hydrogen) atoms. The smallest absolute Gasteiger partial charge is 0.306 e. The normalized spacial score (nSPS) is 14.2. The Morgan fingerprint density at radius 3 is 3.05 bits per heavy atom. The molecule has 0 saturated carbocycles. The molecular weight excluding hydrogens is 244 g/mol. The number of carbonyl (C=O) groups is 1. The number of fused-ring (bicyclic) bond motifs is 2. The maximum Gasteiger partial charge on any atom is 0.306 e. The maximum absolute atomic E-state index is 11.7. The number of unbranched alkanes of at least 4 members (excludes halogenated alkanes) is 1. The first-order valence-corrected chi connectivity index (χ1v) is 6.76. The highest BCUT2D eigenvalue weighted by Crippen LogP contribution is 2.34. The highest BCUT2D eigenvalue weighted by atomic mass is 16.7. The second-order valence-electron chi connectivity index (χ2n) is 4.79. The molecule has 1 unspecified atom stereocenters. The molecule has 2 rings (SSSR count). The third kappa shape index (κ3) is 3.63. The molecule has 0 radical (unpaired) electrons. The summed E-state index contributed by atoms with van der Waals surface area (Å²) in [4.78, 5) is 11.7. The van der Waals surface area contributed by atoms with Gasteiger partial charge in [-0.15, -0.1) is 0 Å². The highest BCUT2D eigenvalue weighted by molar-refractivity contribution is 5.70. The summed E-state index contributed by atoms with van der Waals surface area (Å²) in [5.41, 5.74) is 1.03. The van der Waals surface area contributed by atoms with E-state index in [9.17, 15) is 4.79 Å². The van der Waals surface area contributed by atoms with E-state index in [-0.39, 0.29) is 18.7 Å². The Morgan fingerprint density at radius 1 is 1.42 bits per heavy atom. The molecule has 0 fully saturated rings. The third-order valence-corrected chi connectivity index (χ3v) is 3.19. The number of ether oxygens (including phenoxy) is 3. The van der Waals surface area contributed by atoms with Crippen molar-refractivity contribution in [2.24, 2.45) is 0 Å². The van der Waals surface area contributed by atoms with E-state index >= 15 is 0 Å². The van der Waals surface area contributed by atoms with Gasteiger partial charge in [0.15, 0.2) is 0 Å². The molecule has 0 amide bonds. The van der Waals surface area contributed by atoms with Gasteiger partial charge in [-0.1, -0.05) is 26.3 Å². The van der Waals surface area contributed by atoms with E-state index in [1.165, 1.54) is 0 Å². The van der Waals surface area contributed by atoms with Crippen LogP contribution in [0.4, 0.5) is 0 Å². The monoisotopic (exact) mass is 264 g/mol. The quantitative estimate of drug-likeness (QED) is 0.584. The molecule has 4 heteroatoms. The van der Waals surface area contributed by atoms with Crippen molar-refractivity contribution in [3.05, 3.63) is 23.8 Å². The molecule has 4 nitrogen and oxygen atoms in total. The van der Waals surface area contributed by atoms with Crippen LogP contribution < -0.4 is 9.47 Å². The number of esters is 1. The molecule has 2 bridgehead atoms. The van der Waals surface area contributed by atoms with Crippen molar-refractivity contribution < 1.29 is 19.0 Å². The lowest BCUT2D eigenvalue weighted by Crippen LogP contribution is -2.14. The van der Waals surface area contributed by atoms with Crippen molar-refractivity contribution in [2.45, 2.75) is 39.0 Å². The Morgan fingerprint density at radius 2 is 2.26 bits per heavy atom. The Labute approximate surface area is 113 Å². The molecular formula is C15H20O4. The fourth-order valence-electron chi connectivity index (χ4n) is 2.05. The highest BCUT2D eigenvalue weighted by Gasteiger charge is 2.19. The van der Waals surface area contributed by atoms with E-state index in [0.717, 1.165) is 29.9 Å². The summed E-state index contributed by atoms with van der Waals surface area (Å²) >= 11 is 0.